The number of benzene rings is 1. The maximum atomic E-state index is 10.9. The molecule has 0 saturated heterocycles. The van der Waals surface area contributed by atoms with Crippen molar-refractivity contribution in [3.05, 3.63) is 41.5 Å². The molecule has 0 atom stereocenters. The number of carbonyl (C=O) groups is 1. The van der Waals surface area contributed by atoms with Gasteiger partial charge in [0.2, 0.25) is 0 Å². The molecule has 2 heteroatoms. The van der Waals surface area contributed by atoms with Crippen LogP contribution in [0.2, 0.25) is 0 Å². The molecule has 0 heterocycles. The van der Waals surface area contributed by atoms with Crippen molar-refractivity contribution in [2.45, 2.75) is 26.2 Å². The van der Waals surface area contributed by atoms with Crippen LogP contribution >= 0.6 is 0 Å². The molecule has 0 saturated carbocycles. The zero-order valence-corrected chi connectivity index (χ0v) is 8.94. The first-order chi connectivity index (χ1) is 7.24. The Morgan fingerprint density at radius 3 is 2.53 bits per heavy atom. The average Bonchev–Trinajstić information content (AvgIpc) is 2.25. The first-order valence-corrected chi connectivity index (χ1v) is 5.23. The molecule has 0 aromatic heterocycles. The zero-order valence-electron chi connectivity index (χ0n) is 8.94. The van der Waals surface area contributed by atoms with Gasteiger partial charge < -0.3 is 5.11 Å². The molecule has 1 N–H and O–H groups in total. The van der Waals surface area contributed by atoms with E-state index in [1.165, 1.54) is 0 Å². The molecule has 2 nitrogen and oxygen atoms in total. The SMILES string of the molecule is CCCC/C(=C\c1ccccc1)C(=O)O. The van der Waals surface area contributed by atoms with Crippen molar-refractivity contribution in [3.63, 3.8) is 0 Å². The highest BCUT2D eigenvalue weighted by Gasteiger charge is 2.05. The van der Waals surface area contributed by atoms with Crippen molar-refractivity contribution in [3.8, 4) is 0 Å². The minimum absolute atomic E-state index is 0.489. The van der Waals surface area contributed by atoms with Gasteiger partial charge >= 0.3 is 5.97 Å². The highest BCUT2D eigenvalue weighted by atomic mass is 16.4. The number of rotatable bonds is 5. The predicted molar refractivity (Wildman–Crippen MR) is 61.6 cm³/mol. The number of carboxylic acid groups (broad SMARTS) is 1. The number of hydrogen-bond donors (Lipinski definition) is 1. The second kappa shape index (κ2) is 6.02. The quantitative estimate of drug-likeness (QED) is 0.747. The van der Waals surface area contributed by atoms with Crippen molar-refractivity contribution < 1.29 is 9.90 Å². The first kappa shape index (κ1) is 11.5. The fourth-order valence-corrected chi connectivity index (χ4v) is 1.36. The van der Waals surface area contributed by atoms with Gasteiger partial charge in [-0.3, -0.25) is 0 Å². The molecule has 0 unspecified atom stereocenters. The van der Waals surface area contributed by atoms with E-state index in [1.807, 2.05) is 30.3 Å². The molecule has 1 aromatic rings. The van der Waals surface area contributed by atoms with Gasteiger partial charge in [0.1, 0.15) is 0 Å². The molecule has 0 spiro atoms. The van der Waals surface area contributed by atoms with Gasteiger partial charge in [-0.25, -0.2) is 4.79 Å². The van der Waals surface area contributed by atoms with Gasteiger partial charge in [-0.05, 0) is 24.5 Å². The van der Waals surface area contributed by atoms with Crippen molar-refractivity contribution in [1.82, 2.24) is 0 Å². The van der Waals surface area contributed by atoms with Crippen LogP contribution in [0.1, 0.15) is 31.7 Å². The fraction of sp³-hybridized carbons (Fsp3) is 0.308. The van der Waals surface area contributed by atoms with Gasteiger partial charge in [-0.15, -0.1) is 0 Å². The largest absolute Gasteiger partial charge is 0.478 e. The number of unbranched alkanes of at least 4 members (excludes halogenated alkanes) is 1. The standard InChI is InChI=1S/C13H16O2/c1-2-3-9-12(13(14)15)10-11-7-5-4-6-8-11/h4-8,10H,2-3,9H2,1H3,(H,14,15)/b12-10+. The van der Waals surface area contributed by atoms with E-state index < -0.39 is 5.97 Å². The van der Waals surface area contributed by atoms with Crippen molar-refractivity contribution in [2.75, 3.05) is 0 Å². The van der Waals surface area contributed by atoms with Crippen LogP contribution in [0.25, 0.3) is 6.08 Å². The van der Waals surface area contributed by atoms with E-state index in [2.05, 4.69) is 6.92 Å². The molecule has 0 bridgehead atoms. The van der Waals surface area contributed by atoms with Crippen molar-refractivity contribution >= 4 is 12.0 Å². The minimum atomic E-state index is -0.813. The van der Waals surface area contributed by atoms with Gasteiger partial charge in [0.25, 0.3) is 0 Å². The Kier molecular flexibility index (Phi) is 4.61. The van der Waals surface area contributed by atoms with E-state index in [9.17, 15) is 4.79 Å². The zero-order chi connectivity index (χ0) is 11.1. The lowest BCUT2D eigenvalue weighted by Crippen LogP contribution is -2.00. The molecule has 0 aliphatic heterocycles. The third-order valence-corrected chi connectivity index (χ3v) is 2.21. The topological polar surface area (TPSA) is 37.3 Å². The second-order valence-corrected chi connectivity index (χ2v) is 3.49. The third-order valence-electron chi connectivity index (χ3n) is 2.21. The maximum absolute atomic E-state index is 10.9. The van der Waals surface area contributed by atoms with E-state index >= 15 is 0 Å². The Labute approximate surface area is 90.3 Å². The Bertz CT molecular complexity index is 339. The predicted octanol–water partition coefficient (Wildman–Crippen LogP) is 3.34. The smallest absolute Gasteiger partial charge is 0.331 e. The summed E-state index contributed by atoms with van der Waals surface area (Å²) in [6.45, 7) is 2.06. The van der Waals surface area contributed by atoms with E-state index in [-0.39, 0.29) is 0 Å². The van der Waals surface area contributed by atoms with Crippen LogP contribution in [0, 0.1) is 0 Å². The van der Waals surface area contributed by atoms with Crippen LogP contribution in [0.5, 0.6) is 0 Å². The first-order valence-electron chi connectivity index (χ1n) is 5.23. The molecule has 0 fully saturated rings. The van der Waals surface area contributed by atoms with Crippen LogP contribution in [-0.4, -0.2) is 11.1 Å². The Hall–Kier alpha value is -1.57. The molecule has 0 aliphatic carbocycles. The summed E-state index contributed by atoms with van der Waals surface area (Å²) in [7, 11) is 0. The van der Waals surface area contributed by atoms with Crippen LogP contribution < -0.4 is 0 Å². The summed E-state index contributed by atoms with van der Waals surface area (Å²) in [5.74, 6) is -0.813. The molecular weight excluding hydrogens is 188 g/mol. The fourth-order valence-electron chi connectivity index (χ4n) is 1.36. The van der Waals surface area contributed by atoms with Gasteiger partial charge in [0.05, 0.1) is 0 Å². The summed E-state index contributed by atoms with van der Waals surface area (Å²) < 4.78 is 0. The maximum Gasteiger partial charge on any atom is 0.331 e. The van der Waals surface area contributed by atoms with Crippen LogP contribution in [0.4, 0.5) is 0 Å². The molecular formula is C13H16O2. The van der Waals surface area contributed by atoms with Crippen LogP contribution in [-0.2, 0) is 4.79 Å². The number of carboxylic acids is 1. The number of hydrogen-bond acceptors (Lipinski definition) is 1. The van der Waals surface area contributed by atoms with Gasteiger partial charge in [-0.1, -0.05) is 43.7 Å². The molecule has 0 amide bonds. The highest BCUT2D eigenvalue weighted by Crippen LogP contribution is 2.12. The van der Waals surface area contributed by atoms with E-state index in [0.29, 0.717) is 12.0 Å². The van der Waals surface area contributed by atoms with E-state index in [4.69, 9.17) is 5.11 Å². The Morgan fingerprint density at radius 1 is 1.33 bits per heavy atom. The lowest BCUT2D eigenvalue weighted by molar-refractivity contribution is -0.132. The molecule has 1 aromatic carbocycles. The van der Waals surface area contributed by atoms with Gasteiger partial charge in [0, 0.05) is 5.57 Å². The molecule has 15 heavy (non-hydrogen) atoms. The van der Waals surface area contributed by atoms with Gasteiger partial charge in [0.15, 0.2) is 0 Å². The summed E-state index contributed by atoms with van der Waals surface area (Å²) in [4.78, 5) is 10.9. The normalized spacial score (nSPS) is 11.4. The Balaban J connectivity index is 2.79. The van der Waals surface area contributed by atoms with Crippen molar-refractivity contribution in [2.24, 2.45) is 0 Å². The average molecular weight is 204 g/mol. The van der Waals surface area contributed by atoms with Crippen molar-refractivity contribution in [1.29, 1.82) is 0 Å². The van der Waals surface area contributed by atoms with Gasteiger partial charge in [-0.2, -0.15) is 0 Å². The monoisotopic (exact) mass is 204 g/mol. The van der Waals surface area contributed by atoms with Crippen LogP contribution in [0.3, 0.4) is 0 Å². The second-order valence-electron chi connectivity index (χ2n) is 3.49. The summed E-state index contributed by atoms with van der Waals surface area (Å²) >= 11 is 0. The summed E-state index contributed by atoms with van der Waals surface area (Å²) in [6.07, 6.45) is 4.32. The lowest BCUT2D eigenvalue weighted by Gasteiger charge is -2.01. The summed E-state index contributed by atoms with van der Waals surface area (Å²) in [6, 6.07) is 9.56. The summed E-state index contributed by atoms with van der Waals surface area (Å²) in [5, 5.41) is 8.99. The molecule has 0 aliphatic rings. The van der Waals surface area contributed by atoms with Crippen LogP contribution in [0.15, 0.2) is 35.9 Å². The molecule has 1 rings (SSSR count). The van der Waals surface area contributed by atoms with E-state index in [1.54, 1.807) is 6.08 Å². The molecule has 80 valence electrons. The van der Waals surface area contributed by atoms with E-state index in [0.717, 1.165) is 18.4 Å². The summed E-state index contributed by atoms with van der Waals surface area (Å²) in [5.41, 5.74) is 1.44. The minimum Gasteiger partial charge on any atom is -0.478 e. The Morgan fingerprint density at radius 2 is 2.00 bits per heavy atom. The third kappa shape index (κ3) is 3.98. The molecule has 0 radical (unpaired) electrons. The highest BCUT2D eigenvalue weighted by molar-refractivity contribution is 5.92. The lowest BCUT2D eigenvalue weighted by atomic mass is 10.1. The number of aliphatic carboxylic acids is 1.